The van der Waals surface area contributed by atoms with Crippen LogP contribution in [0.25, 0.3) is 33.6 Å². The second-order valence-electron chi connectivity index (χ2n) is 15.8. The summed E-state index contributed by atoms with van der Waals surface area (Å²) in [5.74, 6) is 0.345. The smallest absolute Gasteiger partial charge is 0.408 e. The molecule has 2 aliphatic rings. The van der Waals surface area contributed by atoms with Crippen LogP contribution in [0.4, 0.5) is 9.59 Å². The topological polar surface area (TPSA) is 228 Å². The van der Waals surface area contributed by atoms with E-state index in [9.17, 15) is 19.2 Å². The molecule has 62 heavy (non-hydrogen) atoms. The molecule has 0 saturated carbocycles. The van der Waals surface area contributed by atoms with Gasteiger partial charge in [-0.25, -0.2) is 19.6 Å². The highest BCUT2D eigenvalue weighted by Crippen LogP contribution is 2.40. The molecule has 6 rings (SSSR count). The van der Waals surface area contributed by atoms with Gasteiger partial charge in [0.25, 0.3) is 5.91 Å². The van der Waals surface area contributed by atoms with Gasteiger partial charge in [0.05, 0.1) is 50.9 Å². The highest BCUT2D eigenvalue weighted by Gasteiger charge is 2.50. The number of ether oxygens (including phenoxy) is 5. The number of aromatic nitrogens is 4. The van der Waals surface area contributed by atoms with Crippen LogP contribution < -0.4 is 16.4 Å². The lowest BCUT2D eigenvalue weighted by Crippen LogP contribution is -2.71. The average Bonchev–Trinajstić information content (AvgIpc) is 4.10. The molecular formula is C43H56ClN9O9. The maximum atomic E-state index is 14.1. The van der Waals surface area contributed by atoms with Gasteiger partial charge < -0.3 is 48.8 Å². The molecule has 334 valence electrons. The summed E-state index contributed by atoms with van der Waals surface area (Å²) in [6.45, 7) is 6.12. The Morgan fingerprint density at radius 2 is 1.50 bits per heavy atom. The second kappa shape index (κ2) is 19.7. The monoisotopic (exact) mass is 877 g/mol. The summed E-state index contributed by atoms with van der Waals surface area (Å²) in [6, 6.07) is 13.8. The number of H-pyrrole nitrogens is 2. The van der Waals surface area contributed by atoms with Crippen LogP contribution in [0.5, 0.6) is 0 Å². The Morgan fingerprint density at radius 3 is 2.10 bits per heavy atom. The molecule has 0 radical (unpaired) electrons. The van der Waals surface area contributed by atoms with Crippen LogP contribution in [0, 0.1) is 5.92 Å². The SMILES string of the molecule is COC[C@H]1C[C@@H](c2ncc(-c3ccc(-c4ccc(-c5nc([C@@H]6CC[C@H](C)N6C(=O)[C@@](N)(NC(=O)OC)[C@@H](C)OC)[nH]c5Cl)cc4)cc3)[nH]2)N(C(=O)[C@@H](NC(=O)OC)[C@@H](C)OC)C1. The number of hydrogen-bond acceptors (Lipinski definition) is 12. The summed E-state index contributed by atoms with van der Waals surface area (Å²) in [5.41, 5.74) is 9.58. The molecule has 18 nitrogen and oxygen atoms in total. The molecule has 6 N–H and O–H groups in total. The van der Waals surface area contributed by atoms with Crippen molar-refractivity contribution in [1.29, 1.82) is 0 Å². The van der Waals surface area contributed by atoms with E-state index in [1.807, 2.05) is 55.5 Å². The van der Waals surface area contributed by atoms with E-state index in [4.69, 9.17) is 51.0 Å². The predicted molar refractivity (Wildman–Crippen MR) is 230 cm³/mol. The Morgan fingerprint density at radius 1 is 0.871 bits per heavy atom. The van der Waals surface area contributed by atoms with Gasteiger partial charge in [-0.05, 0) is 56.7 Å². The summed E-state index contributed by atoms with van der Waals surface area (Å²) in [7, 11) is 6.96. The van der Waals surface area contributed by atoms with Gasteiger partial charge in [0.1, 0.15) is 34.6 Å². The average molecular weight is 878 g/mol. The number of benzene rings is 2. The van der Waals surface area contributed by atoms with Crippen molar-refractivity contribution in [3.8, 4) is 33.6 Å². The third-order valence-electron chi connectivity index (χ3n) is 12.0. The van der Waals surface area contributed by atoms with E-state index in [1.165, 1.54) is 28.4 Å². The number of methoxy groups -OCH3 is 5. The first-order valence-electron chi connectivity index (χ1n) is 20.4. The fraction of sp³-hybridized carbons (Fsp3) is 0.488. The van der Waals surface area contributed by atoms with Gasteiger partial charge in [0.2, 0.25) is 5.91 Å². The van der Waals surface area contributed by atoms with Crippen LogP contribution in [0.1, 0.15) is 63.8 Å². The Balaban J connectivity index is 1.17. The van der Waals surface area contributed by atoms with Gasteiger partial charge in [0.15, 0.2) is 5.66 Å². The molecule has 0 bridgehead atoms. The molecule has 2 fully saturated rings. The number of rotatable bonds is 15. The number of amides is 4. The maximum Gasteiger partial charge on any atom is 0.408 e. The molecule has 0 spiro atoms. The van der Waals surface area contributed by atoms with Crippen LogP contribution in [-0.2, 0) is 33.3 Å². The summed E-state index contributed by atoms with van der Waals surface area (Å²) in [6.07, 6.45) is 0.575. The normalized spacial score (nSPS) is 21.2. The van der Waals surface area contributed by atoms with E-state index in [0.29, 0.717) is 54.9 Å². The van der Waals surface area contributed by atoms with Gasteiger partial charge in [-0.1, -0.05) is 60.1 Å². The Kier molecular flexibility index (Phi) is 14.6. The van der Waals surface area contributed by atoms with Gasteiger partial charge in [-0.2, -0.15) is 0 Å². The minimum atomic E-state index is -1.90. The van der Waals surface area contributed by atoms with Crippen molar-refractivity contribution in [2.24, 2.45) is 11.7 Å². The van der Waals surface area contributed by atoms with Crippen molar-refractivity contribution >= 4 is 35.6 Å². The third-order valence-corrected chi connectivity index (χ3v) is 12.3. The molecule has 2 aliphatic heterocycles. The molecule has 2 saturated heterocycles. The number of aromatic amines is 2. The van der Waals surface area contributed by atoms with Crippen LogP contribution in [-0.4, -0.2) is 132 Å². The molecule has 4 aromatic rings. The number of alkyl carbamates (subject to hydrolysis) is 2. The van der Waals surface area contributed by atoms with Crippen molar-refractivity contribution in [1.82, 2.24) is 40.4 Å². The van der Waals surface area contributed by atoms with Crippen LogP contribution >= 0.6 is 11.6 Å². The largest absolute Gasteiger partial charge is 0.453 e. The molecule has 2 aromatic heterocycles. The van der Waals surface area contributed by atoms with E-state index in [0.717, 1.165) is 27.9 Å². The van der Waals surface area contributed by atoms with Crippen molar-refractivity contribution < 1.29 is 42.9 Å². The number of carbonyl (C=O) groups excluding carboxylic acids is 4. The zero-order valence-electron chi connectivity index (χ0n) is 36.2. The Labute approximate surface area is 365 Å². The summed E-state index contributed by atoms with van der Waals surface area (Å²) in [5, 5.41) is 5.43. The number of likely N-dealkylation sites (tertiary alicyclic amines) is 2. The lowest BCUT2D eigenvalue weighted by Gasteiger charge is -2.39. The predicted octanol–water partition coefficient (Wildman–Crippen LogP) is 5.18. The molecule has 4 heterocycles. The lowest BCUT2D eigenvalue weighted by molar-refractivity contribution is -0.147. The molecule has 2 aromatic carbocycles. The minimum absolute atomic E-state index is 0.0637. The van der Waals surface area contributed by atoms with Crippen LogP contribution in [0.2, 0.25) is 5.15 Å². The number of nitrogens with zero attached hydrogens (tertiary/aromatic N) is 4. The van der Waals surface area contributed by atoms with E-state index in [2.05, 4.69) is 20.6 Å². The van der Waals surface area contributed by atoms with E-state index in [1.54, 1.807) is 37.0 Å². The van der Waals surface area contributed by atoms with Crippen LogP contribution in [0.3, 0.4) is 0 Å². The minimum Gasteiger partial charge on any atom is -0.453 e. The lowest BCUT2D eigenvalue weighted by atomic mass is 10.0. The number of nitrogens with one attached hydrogen (secondary N) is 4. The fourth-order valence-electron chi connectivity index (χ4n) is 8.24. The Bertz CT molecular complexity index is 2200. The highest BCUT2D eigenvalue weighted by atomic mass is 35.5. The molecule has 4 amide bonds. The summed E-state index contributed by atoms with van der Waals surface area (Å²) in [4.78, 5) is 72.0. The summed E-state index contributed by atoms with van der Waals surface area (Å²) < 4.78 is 25.8. The molecular weight excluding hydrogens is 822 g/mol. The fourth-order valence-corrected chi connectivity index (χ4v) is 8.49. The molecule has 8 atom stereocenters. The van der Waals surface area contributed by atoms with Crippen molar-refractivity contribution in [3.05, 3.63) is 71.5 Å². The number of hydrogen-bond donors (Lipinski definition) is 5. The maximum absolute atomic E-state index is 14.1. The molecule has 0 unspecified atom stereocenters. The zero-order valence-corrected chi connectivity index (χ0v) is 36.9. The van der Waals surface area contributed by atoms with Gasteiger partial charge in [-0.15, -0.1) is 0 Å². The van der Waals surface area contributed by atoms with E-state index < -0.39 is 48.0 Å². The van der Waals surface area contributed by atoms with Crippen LogP contribution in [0.15, 0.2) is 54.7 Å². The third kappa shape index (κ3) is 9.44. The van der Waals surface area contributed by atoms with Crippen molar-refractivity contribution in [2.45, 2.75) is 82.1 Å². The molecule has 19 heteroatoms. The highest BCUT2D eigenvalue weighted by molar-refractivity contribution is 6.32. The first-order chi connectivity index (χ1) is 29.7. The van der Waals surface area contributed by atoms with Gasteiger partial charge in [0, 0.05) is 45.4 Å². The Hall–Kier alpha value is -5.53. The first-order valence-corrected chi connectivity index (χ1v) is 20.7. The van der Waals surface area contributed by atoms with Gasteiger partial charge >= 0.3 is 12.2 Å². The number of imidazole rings is 2. The van der Waals surface area contributed by atoms with Crippen molar-refractivity contribution in [2.75, 3.05) is 48.7 Å². The van der Waals surface area contributed by atoms with E-state index >= 15 is 0 Å². The zero-order chi connectivity index (χ0) is 44.9. The standard InChI is InChI=1S/C43H56ClN9O9/c1-23-9-18-32(53(23)40(55)43(45,25(3)60-6)51-42(57)62-8)38-48-35(36(44)50-38)30-16-12-28(13-17-30)27-10-14-29(15-11-27)31-20-46-37(47-31)33-19-26(22-58-4)21-52(33)39(54)34(24(2)59-5)49-41(56)61-7/h10-17,20,23-26,32-34H,9,18-19,21-22,45H2,1-8H3,(H,46,47)(H,48,50)(H,49,56)(H,51,57)/t23-,24+,25+,26-,32-,33-,34-,43-/m0/s1. The van der Waals surface area contributed by atoms with Crippen molar-refractivity contribution in [3.63, 3.8) is 0 Å². The first kappa shape index (κ1) is 46.0. The number of carbonyl (C=O) groups is 4. The number of nitrogens with two attached hydrogens (primary N) is 1. The molecule has 0 aliphatic carbocycles. The second-order valence-corrected chi connectivity index (χ2v) is 16.1. The summed E-state index contributed by atoms with van der Waals surface area (Å²) >= 11 is 6.75. The van der Waals surface area contributed by atoms with E-state index in [-0.39, 0.29) is 23.9 Å². The quantitative estimate of drug-likeness (QED) is 0.0974. The number of halogens is 1. The van der Waals surface area contributed by atoms with Gasteiger partial charge in [-0.3, -0.25) is 20.6 Å².